The van der Waals surface area contributed by atoms with E-state index < -0.39 is 0 Å². The smallest absolute Gasteiger partial charge is 0.270 e. The first-order valence-electron chi connectivity index (χ1n) is 5.13. The van der Waals surface area contributed by atoms with Crippen LogP contribution in [0.2, 0.25) is 0 Å². The average molecular weight is 233 g/mol. The van der Waals surface area contributed by atoms with Crippen LogP contribution in [0.15, 0.2) is 28.1 Å². The van der Waals surface area contributed by atoms with Gasteiger partial charge in [-0.05, 0) is 18.2 Å². The van der Waals surface area contributed by atoms with Gasteiger partial charge < -0.3 is 4.57 Å². The Kier molecular flexibility index (Phi) is 2.07. The number of fused-ring (bicyclic) bond motifs is 1. The summed E-state index contributed by atoms with van der Waals surface area (Å²) in [5, 5.41) is 0. The molecule has 0 unspecified atom stereocenters. The number of hydrogen-bond acceptors (Lipinski definition) is 3. The molecule has 0 saturated heterocycles. The lowest BCUT2D eigenvalue weighted by atomic mass is 10.4. The van der Waals surface area contributed by atoms with Crippen LogP contribution < -0.4 is 14.9 Å². The predicted molar refractivity (Wildman–Crippen MR) is 63.2 cm³/mol. The van der Waals surface area contributed by atoms with Gasteiger partial charge in [0.25, 0.3) is 5.56 Å². The van der Waals surface area contributed by atoms with Gasteiger partial charge in [0.2, 0.25) is 0 Å². The van der Waals surface area contributed by atoms with Crippen LogP contribution in [0.3, 0.4) is 0 Å². The first-order valence-corrected chi connectivity index (χ1v) is 5.94. The van der Waals surface area contributed by atoms with Gasteiger partial charge >= 0.3 is 0 Å². The average Bonchev–Trinajstić information content (AvgIpc) is 2.91. The lowest BCUT2D eigenvalue weighted by Gasteiger charge is -1.93. The maximum atomic E-state index is 12.0. The van der Waals surface area contributed by atoms with Gasteiger partial charge in [0.1, 0.15) is 0 Å². The van der Waals surface area contributed by atoms with Crippen LogP contribution in [0.4, 0.5) is 0 Å². The largest absolute Gasteiger partial charge is 0.351 e. The van der Waals surface area contributed by atoms with E-state index >= 15 is 0 Å². The monoisotopic (exact) mass is 233 g/mol. The molecule has 0 amide bonds. The highest BCUT2D eigenvalue weighted by Gasteiger charge is 2.09. The van der Waals surface area contributed by atoms with Crippen molar-refractivity contribution < 1.29 is 0 Å². The van der Waals surface area contributed by atoms with Crippen molar-refractivity contribution in [2.75, 3.05) is 6.54 Å². The molecule has 0 aliphatic carbocycles. The van der Waals surface area contributed by atoms with Gasteiger partial charge in [0.15, 0.2) is 4.80 Å². The summed E-state index contributed by atoms with van der Waals surface area (Å²) in [5.74, 6) is 0. The van der Waals surface area contributed by atoms with E-state index in [1.807, 2.05) is 36.0 Å². The van der Waals surface area contributed by atoms with E-state index in [0.29, 0.717) is 0 Å². The van der Waals surface area contributed by atoms with Gasteiger partial charge in [-0.1, -0.05) is 11.3 Å². The van der Waals surface area contributed by atoms with E-state index in [1.165, 1.54) is 11.3 Å². The molecular formula is C11H11N3OS. The minimum absolute atomic E-state index is 0.0856. The van der Waals surface area contributed by atoms with Crippen molar-refractivity contribution in [1.29, 1.82) is 0 Å². The Labute approximate surface area is 95.8 Å². The second kappa shape index (κ2) is 3.45. The summed E-state index contributed by atoms with van der Waals surface area (Å²) < 4.78 is 4.51. The lowest BCUT2D eigenvalue weighted by Crippen LogP contribution is -2.29. The molecule has 3 rings (SSSR count). The molecule has 1 aliphatic heterocycles. The molecule has 4 nitrogen and oxygen atoms in total. The fourth-order valence-corrected chi connectivity index (χ4v) is 2.84. The number of aryl methyl sites for hydroxylation is 1. The Morgan fingerprint density at radius 1 is 1.56 bits per heavy atom. The third kappa shape index (κ3) is 1.36. The quantitative estimate of drug-likeness (QED) is 0.667. The van der Waals surface area contributed by atoms with Crippen molar-refractivity contribution in [2.24, 2.45) is 12.0 Å². The molecule has 1 aliphatic rings. The normalized spacial score (nSPS) is 15.2. The van der Waals surface area contributed by atoms with Crippen molar-refractivity contribution in [3.63, 3.8) is 0 Å². The van der Waals surface area contributed by atoms with Crippen molar-refractivity contribution in [2.45, 2.75) is 6.54 Å². The maximum Gasteiger partial charge on any atom is 0.270 e. The van der Waals surface area contributed by atoms with Gasteiger partial charge in [0.05, 0.1) is 11.1 Å². The molecule has 0 radical (unpaired) electrons. The molecule has 0 fully saturated rings. The zero-order valence-electron chi connectivity index (χ0n) is 8.88. The Bertz CT molecular complexity index is 704. The third-order valence-corrected chi connectivity index (χ3v) is 3.77. The topological polar surface area (TPSA) is 39.3 Å². The van der Waals surface area contributed by atoms with Crippen LogP contribution in [0.1, 0.15) is 5.69 Å². The SMILES string of the molecule is Cn1cccc1/C=c1/sc2n(c1=O)CCN=2. The number of hydrogen-bond donors (Lipinski definition) is 0. The molecule has 0 N–H and O–H groups in total. The van der Waals surface area contributed by atoms with Gasteiger partial charge in [-0.15, -0.1) is 0 Å². The zero-order valence-corrected chi connectivity index (χ0v) is 9.70. The number of rotatable bonds is 1. The number of thiazole rings is 1. The molecule has 0 atom stereocenters. The second-order valence-corrected chi connectivity index (χ2v) is 4.78. The first kappa shape index (κ1) is 9.59. The predicted octanol–water partition coefficient (Wildman–Crippen LogP) is -0.290. The van der Waals surface area contributed by atoms with Crippen LogP contribution in [0, 0.1) is 0 Å². The van der Waals surface area contributed by atoms with Crippen LogP contribution in [-0.2, 0) is 13.6 Å². The van der Waals surface area contributed by atoms with Gasteiger partial charge in [-0.2, -0.15) is 0 Å². The van der Waals surface area contributed by atoms with Crippen molar-refractivity contribution in [1.82, 2.24) is 9.13 Å². The lowest BCUT2D eigenvalue weighted by molar-refractivity contribution is 0.740. The zero-order chi connectivity index (χ0) is 11.1. The summed E-state index contributed by atoms with van der Waals surface area (Å²) >= 11 is 1.47. The van der Waals surface area contributed by atoms with Crippen LogP contribution >= 0.6 is 11.3 Å². The molecule has 16 heavy (non-hydrogen) atoms. The first-order chi connectivity index (χ1) is 7.75. The maximum absolute atomic E-state index is 12.0. The molecule has 5 heteroatoms. The van der Waals surface area contributed by atoms with E-state index in [9.17, 15) is 4.79 Å². The van der Waals surface area contributed by atoms with Crippen molar-refractivity contribution >= 4 is 17.4 Å². The van der Waals surface area contributed by atoms with E-state index in [-0.39, 0.29) is 5.56 Å². The van der Waals surface area contributed by atoms with Crippen LogP contribution in [0.25, 0.3) is 6.08 Å². The molecule has 82 valence electrons. The fourth-order valence-electron chi connectivity index (χ4n) is 1.83. The second-order valence-electron chi connectivity index (χ2n) is 3.78. The molecule has 0 bridgehead atoms. The summed E-state index contributed by atoms with van der Waals surface area (Å²) in [6.45, 7) is 1.47. The Balaban J connectivity index is 2.26. The van der Waals surface area contributed by atoms with E-state index in [1.54, 1.807) is 4.57 Å². The summed E-state index contributed by atoms with van der Waals surface area (Å²) in [5.41, 5.74) is 1.13. The van der Waals surface area contributed by atoms with Gasteiger partial charge in [0, 0.05) is 25.5 Å². The summed E-state index contributed by atoms with van der Waals surface area (Å²) in [7, 11) is 1.97. The molecular weight excluding hydrogens is 222 g/mol. The number of nitrogens with zero attached hydrogens (tertiary/aromatic N) is 3. The Morgan fingerprint density at radius 3 is 3.12 bits per heavy atom. The van der Waals surface area contributed by atoms with E-state index in [2.05, 4.69) is 4.99 Å². The molecule has 0 aromatic carbocycles. The highest BCUT2D eigenvalue weighted by molar-refractivity contribution is 7.07. The Morgan fingerprint density at radius 2 is 2.44 bits per heavy atom. The minimum atomic E-state index is 0.0856. The molecule has 0 spiro atoms. The molecule has 3 heterocycles. The minimum Gasteiger partial charge on any atom is -0.351 e. The van der Waals surface area contributed by atoms with Crippen molar-refractivity contribution in [3.8, 4) is 0 Å². The Hall–Kier alpha value is -1.62. The van der Waals surface area contributed by atoms with Crippen molar-refractivity contribution in [3.05, 3.63) is 43.7 Å². The molecule has 2 aromatic heterocycles. The number of aromatic nitrogens is 2. The highest BCUT2D eigenvalue weighted by Crippen LogP contribution is 1.99. The van der Waals surface area contributed by atoms with Gasteiger partial charge in [-0.3, -0.25) is 14.4 Å². The van der Waals surface area contributed by atoms with Crippen LogP contribution in [0.5, 0.6) is 0 Å². The summed E-state index contributed by atoms with van der Waals surface area (Å²) in [6.07, 6.45) is 3.89. The highest BCUT2D eigenvalue weighted by atomic mass is 32.1. The molecule has 2 aromatic rings. The summed E-state index contributed by atoms with van der Waals surface area (Å²) in [4.78, 5) is 17.1. The molecule has 0 saturated carbocycles. The summed E-state index contributed by atoms with van der Waals surface area (Å²) in [6, 6.07) is 3.96. The van der Waals surface area contributed by atoms with E-state index in [0.717, 1.165) is 28.1 Å². The third-order valence-electron chi connectivity index (χ3n) is 2.72. The fraction of sp³-hybridized carbons (Fsp3) is 0.273. The van der Waals surface area contributed by atoms with Crippen LogP contribution in [-0.4, -0.2) is 15.7 Å². The standard InChI is InChI=1S/C11H11N3OS/c1-13-5-2-3-8(13)7-9-10(15)14-6-4-12-11(14)16-9/h2-3,5,7H,4,6H2,1H3/b9-7+. The van der Waals surface area contributed by atoms with Gasteiger partial charge in [-0.25, -0.2) is 0 Å². The van der Waals surface area contributed by atoms with E-state index in [4.69, 9.17) is 0 Å².